The van der Waals surface area contributed by atoms with Gasteiger partial charge < -0.3 is 19.8 Å². The van der Waals surface area contributed by atoms with Gasteiger partial charge in [0.2, 0.25) is 5.91 Å². The number of hydrogen-bond acceptors (Lipinski definition) is 5. The van der Waals surface area contributed by atoms with Crippen LogP contribution in [0.1, 0.15) is 200 Å². The fourth-order valence-corrected chi connectivity index (χ4v) is 7.51. The SMILES string of the molecule is CC/C=C\C/C=C\C/C=C\C/C=C\CCC(=O)NC(COP(=O)(O)OCC[N+](C)(C)C)C(O)/C=C/CC/C=C/CCCCCCCCCCCCCCCCCCCCCC. The van der Waals surface area contributed by atoms with Crippen LogP contribution < -0.4 is 5.32 Å². The molecule has 0 aliphatic rings. The Bertz CT molecular complexity index is 1220. The number of phosphoric ester groups is 1. The fraction of sp³-hybridized carbons (Fsp3) is 0.750. The lowest BCUT2D eigenvalue weighted by molar-refractivity contribution is -0.870. The lowest BCUT2D eigenvalue weighted by atomic mass is 10.0. The van der Waals surface area contributed by atoms with Crippen LogP contribution in [0.4, 0.5) is 0 Å². The first-order chi connectivity index (χ1) is 29.5. The minimum absolute atomic E-state index is 0.0404. The second-order valence-corrected chi connectivity index (χ2v) is 19.3. The zero-order valence-corrected chi connectivity index (χ0v) is 41.0. The molecule has 0 saturated heterocycles. The Morgan fingerprint density at radius 1 is 0.574 bits per heavy atom. The van der Waals surface area contributed by atoms with Crippen LogP contribution in [0.2, 0.25) is 0 Å². The summed E-state index contributed by atoms with van der Waals surface area (Å²) < 4.78 is 23.5. The highest BCUT2D eigenvalue weighted by atomic mass is 31.2. The summed E-state index contributed by atoms with van der Waals surface area (Å²) in [5, 5.41) is 13.8. The largest absolute Gasteiger partial charge is 0.472 e. The maximum atomic E-state index is 12.8. The van der Waals surface area contributed by atoms with Crippen LogP contribution in [-0.4, -0.2) is 73.4 Å². The summed E-state index contributed by atoms with van der Waals surface area (Å²) in [5.41, 5.74) is 0. The number of amides is 1. The van der Waals surface area contributed by atoms with Crippen LogP contribution in [0.25, 0.3) is 0 Å². The van der Waals surface area contributed by atoms with Gasteiger partial charge >= 0.3 is 7.82 Å². The minimum Gasteiger partial charge on any atom is -0.387 e. The summed E-state index contributed by atoms with van der Waals surface area (Å²) in [4.78, 5) is 23.1. The summed E-state index contributed by atoms with van der Waals surface area (Å²) in [6.07, 6.45) is 58.8. The van der Waals surface area contributed by atoms with Crippen molar-refractivity contribution in [1.82, 2.24) is 5.32 Å². The first-order valence-electron chi connectivity index (χ1n) is 24.8. The topological polar surface area (TPSA) is 105 Å². The van der Waals surface area contributed by atoms with Crippen molar-refractivity contribution < 1.29 is 32.9 Å². The van der Waals surface area contributed by atoms with Crippen LogP contribution >= 0.6 is 7.82 Å². The zero-order valence-electron chi connectivity index (χ0n) is 40.1. The van der Waals surface area contributed by atoms with Gasteiger partial charge in [0, 0.05) is 6.42 Å². The number of nitrogens with one attached hydrogen (secondary N) is 1. The fourth-order valence-electron chi connectivity index (χ4n) is 6.77. The van der Waals surface area contributed by atoms with E-state index < -0.39 is 20.0 Å². The number of phosphoric acid groups is 1. The summed E-state index contributed by atoms with van der Waals surface area (Å²) in [7, 11) is 1.50. The first-order valence-corrected chi connectivity index (χ1v) is 26.3. The molecule has 0 fully saturated rings. The normalized spacial score (nSPS) is 14.8. The van der Waals surface area contributed by atoms with Gasteiger partial charge in [0.1, 0.15) is 13.2 Å². The Balaban J connectivity index is 4.35. The highest BCUT2D eigenvalue weighted by molar-refractivity contribution is 7.47. The number of rotatable bonds is 44. The number of nitrogens with zero attached hydrogens (tertiary/aromatic N) is 1. The number of unbranched alkanes of at least 4 members (excludes halogenated alkanes) is 21. The average Bonchev–Trinajstić information content (AvgIpc) is 3.21. The zero-order chi connectivity index (χ0) is 45.0. The predicted octanol–water partition coefficient (Wildman–Crippen LogP) is 14.4. The number of carbonyl (C=O) groups is 1. The van der Waals surface area contributed by atoms with Gasteiger partial charge in [-0.05, 0) is 57.8 Å². The van der Waals surface area contributed by atoms with E-state index in [1.807, 2.05) is 39.4 Å². The maximum absolute atomic E-state index is 12.8. The molecule has 0 aromatic rings. The molecule has 0 spiro atoms. The number of allylic oxidation sites excluding steroid dienone is 11. The standard InChI is InChI=1S/C52H95N2O6P/c1-6-8-10-12-14-16-18-20-21-22-23-24-25-26-27-28-29-30-31-32-34-35-37-39-41-43-45-51(55)50(49-60-61(57,58)59-48-47-54(3,4)5)53-52(56)46-44-42-40-38-36-33-19-17-15-13-11-9-7-2/h9,11,15,17,33,35-37,40,42-43,45,50-51,55H,6-8,10,12-14,16,18-32,34,38-39,41,44,46-49H2,1-5H3,(H-,53,56,57,58)/p+1/b11-9-,17-15-,36-33-,37-35+,42-40-,45-43+. The maximum Gasteiger partial charge on any atom is 0.472 e. The molecule has 354 valence electrons. The summed E-state index contributed by atoms with van der Waals surface area (Å²) in [5.74, 6) is -0.268. The molecule has 0 aliphatic heterocycles. The third kappa shape index (κ3) is 45.8. The number of aliphatic hydroxyl groups is 1. The van der Waals surface area contributed by atoms with Crippen LogP contribution in [-0.2, 0) is 18.4 Å². The van der Waals surface area contributed by atoms with E-state index in [1.165, 1.54) is 128 Å². The van der Waals surface area contributed by atoms with E-state index >= 15 is 0 Å². The molecule has 9 heteroatoms. The van der Waals surface area contributed by atoms with E-state index in [0.29, 0.717) is 17.4 Å². The van der Waals surface area contributed by atoms with Crippen molar-refractivity contribution in [2.45, 2.75) is 212 Å². The third-order valence-corrected chi connectivity index (χ3v) is 11.7. The first kappa shape index (κ1) is 58.9. The number of hydrogen-bond donors (Lipinski definition) is 3. The van der Waals surface area contributed by atoms with Crippen molar-refractivity contribution in [2.24, 2.45) is 0 Å². The van der Waals surface area contributed by atoms with Gasteiger partial charge in [-0.1, -0.05) is 209 Å². The Hall–Kier alpha value is -2.06. The molecular weight excluding hydrogens is 780 g/mol. The van der Waals surface area contributed by atoms with Gasteiger partial charge in [-0.25, -0.2) is 4.57 Å². The second-order valence-electron chi connectivity index (χ2n) is 17.8. The molecule has 3 unspecified atom stereocenters. The lowest BCUT2D eigenvalue weighted by Gasteiger charge is -2.25. The molecule has 0 rings (SSSR count). The number of carbonyl (C=O) groups excluding carboxylic acids is 1. The monoisotopic (exact) mass is 876 g/mol. The van der Waals surface area contributed by atoms with Gasteiger partial charge in [0.15, 0.2) is 0 Å². The molecule has 3 atom stereocenters. The molecule has 0 aromatic carbocycles. The van der Waals surface area contributed by atoms with E-state index in [-0.39, 0.29) is 25.5 Å². The second kappa shape index (κ2) is 43.2. The molecule has 61 heavy (non-hydrogen) atoms. The quantitative estimate of drug-likeness (QED) is 0.0244. The number of aliphatic hydroxyl groups excluding tert-OH is 1. The summed E-state index contributed by atoms with van der Waals surface area (Å²) in [6.45, 7) is 4.62. The molecule has 1 amide bonds. The van der Waals surface area contributed by atoms with Crippen LogP contribution in [0.15, 0.2) is 72.9 Å². The molecule has 0 saturated carbocycles. The molecule has 0 heterocycles. The van der Waals surface area contributed by atoms with E-state index in [2.05, 4.69) is 67.8 Å². The Labute approximate surface area is 376 Å². The van der Waals surface area contributed by atoms with Crippen molar-refractivity contribution in [2.75, 3.05) is 40.9 Å². The van der Waals surface area contributed by atoms with E-state index in [4.69, 9.17) is 9.05 Å². The smallest absolute Gasteiger partial charge is 0.387 e. The van der Waals surface area contributed by atoms with E-state index in [0.717, 1.165) is 44.9 Å². The van der Waals surface area contributed by atoms with Gasteiger partial charge in [0.05, 0.1) is 39.9 Å². The average molecular weight is 876 g/mol. The molecular formula is C52H96N2O6P+. The molecule has 8 nitrogen and oxygen atoms in total. The van der Waals surface area contributed by atoms with Gasteiger partial charge in [0.25, 0.3) is 0 Å². The Kier molecular flexibility index (Phi) is 41.7. The highest BCUT2D eigenvalue weighted by Gasteiger charge is 2.27. The number of quaternary nitrogens is 1. The van der Waals surface area contributed by atoms with Crippen molar-refractivity contribution in [3.63, 3.8) is 0 Å². The van der Waals surface area contributed by atoms with Gasteiger partial charge in [-0.2, -0.15) is 0 Å². The lowest BCUT2D eigenvalue weighted by Crippen LogP contribution is -2.45. The Morgan fingerprint density at radius 2 is 1.00 bits per heavy atom. The van der Waals surface area contributed by atoms with Gasteiger partial charge in [-0.15, -0.1) is 0 Å². The van der Waals surface area contributed by atoms with Crippen molar-refractivity contribution >= 4 is 13.7 Å². The molecule has 0 aromatic heterocycles. The minimum atomic E-state index is -4.37. The van der Waals surface area contributed by atoms with Gasteiger partial charge in [-0.3, -0.25) is 13.8 Å². The van der Waals surface area contributed by atoms with Crippen LogP contribution in [0, 0.1) is 0 Å². The Morgan fingerprint density at radius 3 is 1.49 bits per heavy atom. The van der Waals surface area contributed by atoms with Crippen LogP contribution in [0.5, 0.6) is 0 Å². The molecule has 0 aliphatic carbocycles. The van der Waals surface area contributed by atoms with Crippen molar-refractivity contribution in [3.8, 4) is 0 Å². The predicted molar refractivity (Wildman–Crippen MR) is 263 cm³/mol. The molecule has 0 bridgehead atoms. The van der Waals surface area contributed by atoms with Crippen molar-refractivity contribution in [3.05, 3.63) is 72.9 Å². The van der Waals surface area contributed by atoms with E-state index in [9.17, 15) is 19.4 Å². The highest BCUT2D eigenvalue weighted by Crippen LogP contribution is 2.43. The van der Waals surface area contributed by atoms with Crippen molar-refractivity contribution in [1.29, 1.82) is 0 Å². The number of likely N-dealkylation sites (N-methyl/N-ethyl adjacent to an activating group) is 1. The molecule has 0 radical (unpaired) electrons. The third-order valence-electron chi connectivity index (χ3n) is 10.7. The molecule has 3 N–H and O–H groups in total. The summed E-state index contributed by atoms with van der Waals surface area (Å²) in [6, 6.07) is -0.904. The summed E-state index contributed by atoms with van der Waals surface area (Å²) >= 11 is 0. The van der Waals surface area contributed by atoms with E-state index in [1.54, 1.807) is 6.08 Å². The van der Waals surface area contributed by atoms with Crippen LogP contribution in [0.3, 0.4) is 0 Å².